The quantitative estimate of drug-likeness (QED) is 0.271. The van der Waals surface area contributed by atoms with Gasteiger partial charge in [-0.2, -0.15) is 0 Å². The second kappa shape index (κ2) is 5.71. The zero-order valence-electron chi connectivity index (χ0n) is 9.73. The van der Waals surface area contributed by atoms with E-state index in [1.54, 1.807) is 0 Å². The maximum atomic E-state index is 11.6. The minimum absolute atomic E-state index is 0.365. The molecular weight excluding hydrogens is 258 g/mol. The summed E-state index contributed by atoms with van der Waals surface area (Å²) < 4.78 is 4.14. The summed E-state index contributed by atoms with van der Waals surface area (Å²) in [5, 5.41) is 19.8. The molecule has 1 rings (SSSR count). The average molecular weight is 267 g/mol. The van der Waals surface area contributed by atoms with Crippen molar-refractivity contribution >= 4 is 23.4 Å². The minimum Gasteiger partial charge on any atom is -0.480 e. The van der Waals surface area contributed by atoms with Crippen LogP contribution in [0.1, 0.15) is 11.5 Å². The van der Waals surface area contributed by atoms with Gasteiger partial charge in [0.1, 0.15) is 0 Å². The first-order valence-corrected chi connectivity index (χ1v) is 4.98. The number of nitro benzene ring substituents is 1. The lowest BCUT2D eigenvalue weighted by molar-refractivity contribution is -0.385. The summed E-state index contributed by atoms with van der Waals surface area (Å²) in [4.78, 5) is 43.8. The summed E-state index contributed by atoms with van der Waals surface area (Å²) in [5.74, 6) is -6.37. The van der Waals surface area contributed by atoms with Gasteiger partial charge in [-0.15, -0.1) is 0 Å². The lowest BCUT2D eigenvalue weighted by Gasteiger charge is -2.10. The van der Waals surface area contributed by atoms with Crippen molar-refractivity contribution in [1.29, 1.82) is 0 Å². The van der Waals surface area contributed by atoms with Crippen molar-refractivity contribution in [3.8, 4) is 0 Å². The Labute approximate surface area is 106 Å². The number of carboxylic acid groups (broad SMARTS) is 1. The summed E-state index contributed by atoms with van der Waals surface area (Å²) in [7, 11) is 0.915. The summed E-state index contributed by atoms with van der Waals surface area (Å²) in [6.45, 7) is 0. The molecule has 0 radical (unpaired) electrons. The van der Waals surface area contributed by atoms with Gasteiger partial charge >= 0.3 is 11.9 Å². The Bertz CT molecular complexity index is 552. The summed E-state index contributed by atoms with van der Waals surface area (Å²) in [5.41, 5.74) is -0.914. The van der Waals surface area contributed by atoms with E-state index in [-0.39, 0.29) is 5.56 Å². The fourth-order valence-corrected chi connectivity index (χ4v) is 1.50. The van der Waals surface area contributed by atoms with E-state index >= 15 is 0 Å². The zero-order chi connectivity index (χ0) is 14.6. The highest BCUT2D eigenvalue weighted by Gasteiger charge is 2.38. The number of hydrogen-bond acceptors (Lipinski definition) is 6. The predicted molar refractivity (Wildman–Crippen MR) is 60.5 cm³/mol. The number of nitro groups is 1. The Hall–Kier alpha value is -2.77. The molecule has 0 saturated carbocycles. The van der Waals surface area contributed by atoms with Gasteiger partial charge in [-0.25, -0.2) is 4.79 Å². The Morgan fingerprint density at radius 1 is 1.32 bits per heavy atom. The van der Waals surface area contributed by atoms with Crippen molar-refractivity contribution in [1.82, 2.24) is 0 Å². The Morgan fingerprint density at radius 3 is 2.37 bits per heavy atom. The SMILES string of the molecule is COC(=O)C(=O)C(C(=O)O)c1ccccc1[N+](=O)[O-]. The van der Waals surface area contributed by atoms with E-state index < -0.39 is 34.3 Å². The van der Waals surface area contributed by atoms with Crippen molar-refractivity contribution in [2.75, 3.05) is 7.11 Å². The maximum absolute atomic E-state index is 11.6. The van der Waals surface area contributed by atoms with E-state index in [1.165, 1.54) is 12.1 Å². The van der Waals surface area contributed by atoms with Crippen LogP contribution >= 0.6 is 0 Å². The molecule has 100 valence electrons. The van der Waals surface area contributed by atoms with Crippen molar-refractivity contribution in [2.45, 2.75) is 5.92 Å². The molecule has 1 unspecified atom stereocenters. The highest BCUT2D eigenvalue weighted by Crippen LogP contribution is 2.27. The van der Waals surface area contributed by atoms with Crippen LogP contribution in [0.25, 0.3) is 0 Å². The van der Waals surface area contributed by atoms with Gasteiger partial charge in [-0.05, 0) is 0 Å². The Kier molecular flexibility index (Phi) is 4.30. The number of ether oxygens (including phenoxy) is 1. The monoisotopic (exact) mass is 267 g/mol. The van der Waals surface area contributed by atoms with Crippen LogP contribution < -0.4 is 0 Å². The molecule has 0 aliphatic rings. The molecule has 0 fully saturated rings. The number of ketones is 1. The van der Waals surface area contributed by atoms with Crippen LogP contribution in [-0.2, 0) is 19.1 Å². The third kappa shape index (κ3) is 2.92. The van der Waals surface area contributed by atoms with Crippen molar-refractivity contribution in [3.05, 3.63) is 39.9 Å². The number of hydrogen-bond donors (Lipinski definition) is 1. The second-order valence-electron chi connectivity index (χ2n) is 3.44. The van der Waals surface area contributed by atoms with Crippen LogP contribution in [0.3, 0.4) is 0 Å². The second-order valence-corrected chi connectivity index (χ2v) is 3.44. The first kappa shape index (κ1) is 14.3. The molecule has 0 heterocycles. The van der Waals surface area contributed by atoms with Gasteiger partial charge < -0.3 is 9.84 Å². The van der Waals surface area contributed by atoms with E-state index in [0.29, 0.717) is 0 Å². The molecule has 0 spiro atoms. The number of carbonyl (C=O) groups excluding carboxylic acids is 2. The van der Waals surface area contributed by atoms with Crippen LogP contribution in [0.2, 0.25) is 0 Å². The minimum atomic E-state index is -1.96. The van der Waals surface area contributed by atoms with Gasteiger partial charge in [0.05, 0.1) is 17.6 Å². The summed E-state index contributed by atoms with van der Waals surface area (Å²) in [6, 6.07) is 4.82. The number of nitrogens with zero attached hydrogens (tertiary/aromatic N) is 1. The molecule has 0 aromatic heterocycles. The van der Waals surface area contributed by atoms with E-state index in [4.69, 9.17) is 5.11 Å². The fourth-order valence-electron chi connectivity index (χ4n) is 1.50. The lowest BCUT2D eigenvalue weighted by atomic mass is 9.93. The highest BCUT2D eigenvalue weighted by molar-refractivity contribution is 6.39. The summed E-state index contributed by atoms with van der Waals surface area (Å²) in [6.07, 6.45) is 0. The van der Waals surface area contributed by atoms with Gasteiger partial charge in [0.2, 0.25) is 0 Å². The number of esters is 1. The molecule has 0 amide bonds. The summed E-state index contributed by atoms with van der Waals surface area (Å²) >= 11 is 0. The first-order chi connectivity index (χ1) is 8.90. The molecule has 0 saturated heterocycles. The largest absolute Gasteiger partial charge is 0.480 e. The molecular formula is C11H9NO7. The Balaban J connectivity index is 3.36. The molecule has 1 atom stereocenters. The number of Topliss-reactive ketones (excluding diaryl/α,β-unsaturated/α-hetero) is 1. The molecule has 1 aromatic rings. The van der Waals surface area contributed by atoms with Gasteiger partial charge in [0, 0.05) is 6.07 Å². The third-order valence-corrected chi connectivity index (χ3v) is 2.34. The molecule has 19 heavy (non-hydrogen) atoms. The smallest absolute Gasteiger partial charge is 0.375 e. The maximum Gasteiger partial charge on any atom is 0.375 e. The Morgan fingerprint density at radius 2 is 1.89 bits per heavy atom. The number of carbonyl (C=O) groups is 3. The van der Waals surface area contributed by atoms with E-state index in [2.05, 4.69) is 4.74 Å². The molecule has 0 aliphatic carbocycles. The zero-order valence-corrected chi connectivity index (χ0v) is 9.73. The number of para-hydroxylation sites is 1. The van der Waals surface area contributed by atoms with E-state index in [0.717, 1.165) is 19.2 Å². The van der Waals surface area contributed by atoms with Crippen molar-refractivity contribution in [2.24, 2.45) is 0 Å². The number of carboxylic acids is 1. The highest BCUT2D eigenvalue weighted by atomic mass is 16.6. The standard InChI is InChI=1S/C11H9NO7/c1-19-11(16)9(13)8(10(14)15)6-4-2-3-5-7(6)12(17)18/h2-5,8H,1H3,(H,14,15). The van der Waals surface area contributed by atoms with Crippen molar-refractivity contribution < 1.29 is 29.2 Å². The van der Waals surface area contributed by atoms with Crippen LogP contribution in [-0.4, -0.2) is 34.9 Å². The third-order valence-electron chi connectivity index (χ3n) is 2.34. The van der Waals surface area contributed by atoms with Crippen LogP contribution in [0.15, 0.2) is 24.3 Å². The van der Waals surface area contributed by atoms with Crippen LogP contribution in [0, 0.1) is 10.1 Å². The number of aliphatic carboxylic acids is 1. The molecule has 0 bridgehead atoms. The molecule has 8 heteroatoms. The van der Waals surface area contributed by atoms with Gasteiger partial charge in [0.15, 0.2) is 5.92 Å². The van der Waals surface area contributed by atoms with E-state index in [9.17, 15) is 24.5 Å². The number of benzene rings is 1. The number of rotatable bonds is 5. The normalized spacial score (nSPS) is 11.4. The predicted octanol–water partition coefficient (Wildman–Crippen LogP) is 0.505. The van der Waals surface area contributed by atoms with Gasteiger partial charge in [-0.1, -0.05) is 18.2 Å². The number of methoxy groups -OCH3 is 1. The van der Waals surface area contributed by atoms with Crippen LogP contribution in [0.5, 0.6) is 0 Å². The van der Waals surface area contributed by atoms with Gasteiger partial charge in [0.25, 0.3) is 11.5 Å². The molecule has 0 aliphatic heterocycles. The lowest BCUT2D eigenvalue weighted by Crippen LogP contribution is -2.29. The fraction of sp³-hybridized carbons (Fsp3) is 0.182. The topological polar surface area (TPSA) is 124 Å². The van der Waals surface area contributed by atoms with Crippen LogP contribution in [0.4, 0.5) is 5.69 Å². The molecule has 1 N–H and O–H groups in total. The van der Waals surface area contributed by atoms with E-state index in [1.807, 2.05) is 0 Å². The average Bonchev–Trinajstić information content (AvgIpc) is 2.37. The first-order valence-electron chi connectivity index (χ1n) is 4.98. The molecule has 1 aromatic carbocycles. The van der Waals surface area contributed by atoms with Crippen molar-refractivity contribution in [3.63, 3.8) is 0 Å². The van der Waals surface area contributed by atoms with Gasteiger partial charge in [-0.3, -0.25) is 19.7 Å². The molecule has 8 nitrogen and oxygen atoms in total.